The molecule has 0 saturated heterocycles. The van der Waals surface area contributed by atoms with Crippen molar-refractivity contribution in [3.63, 3.8) is 0 Å². The van der Waals surface area contributed by atoms with Gasteiger partial charge in [0.15, 0.2) is 5.67 Å². The molecule has 2 atom stereocenters. The molecule has 0 aromatic carbocycles. The lowest BCUT2D eigenvalue weighted by molar-refractivity contribution is 0.0843. The molecule has 1 heterocycles. The van der Waals surface area contributed by atoms with Gasteiger partial charge in [0, 0.05) is 19.0 Å². The van der Waals surface area contributed by atoms with Crippen LogP contribution in [0, 0.1) is 0 Å². The third kappa shape index (κ3) is 1.96. The molecule has 1 aliphatic carbocycles. The van der Waals surface area contributed by atoms with Gasteiger partial charge in [-0.25, -0.2) is 4.39 Å². The van der Waals surface area contributed by atoms with Gasteiger partial charge in [-0.05, 0) is 26.2 Å². The van der Waals surface area contributed by atoms with E-state index in [0.29, 0.717) is 30.1 Å². The Morgan fingerprint density at radius 3 is 3.12 bits per heavy atom. The van der Waals surface area contributed by atoms with Crippen molar-refractivity contribution in [3.05, 3.63) is 16.9 Å². The maximum absolute atomic E-state index is 14.9. The highest BCUT2D eigenvalue weighted by atomic mass is 35.5. The van der Waals surface area contributed by atoms with Crippen LogP contribution in [0.5, 0.6) is 0 Å². The van der Waals surface area contributed by atoms with Crippen molar-refractivity contribution in [2.24, 2.45) is 5.73 Å². The second-order valence-corrected chi connectivity index (χ2v) is 4.89. The molecule has 16 heavy (non-hydrogen) atoms. The van der Waals surface area contributed by atoms with Crippen molar-refractivity contribution in [1.29, 1.82) is 0 Å². The van der Waals surface area contributed by atoms with Crippen molar-refractivity contribution < 1.29 is 4.39 Å². The van der Waals surface area contributed by atoms with E-state index in [1.807, 2.05) is 6.92 Å². The van der Waals surface area contributed by atoms with Crippen LogP contribution in [0.25, 0.3) is 0 Å². The lowest BCUT2D eigenvalue weighted by atomic mass is 9.81. The summed E-state index contributed by atoms with van der Waals surface area (Å²) < 4.78 is 16.5. The molecular formula is C11H17ClFN3. The summed E-state index contributed by atoms with van der Waals surface area (Å²) in [5, 5.41) is 4.50. The second kappa shape index (κ2) is 4.34. The Morgan fingerprint density at radius 1 is 1.75 bits per heavy atom. The molecule has 2 N–H and O–H groups in total. The summed E-state index contributed by atoms with van der Waals surface area (Å²) in [6, 6.07) is -0.0741. The van der Waals surface area contributed by atoms with Gasteiger partial charge in [0.2, 0.25) is 0 Å². The van der Waals surface area contributed by atoms with Gasteiger partial charge in [0.1, 0.15) is 0 Å². The maximum atomic E-state index is 14.9. The molecule has 3 nitrogen and oxygen atoms in total. The Labute approximate surface area is 99.8 Å². The fraction of sp³-hybridized carbons (Fsp3) is 0.727. The smallest absolute Gasteiger partial charge is 0.155 e. The first-order chi connectivity index (χ1) is 7.57. The largest absolute Gasteiger partial charge is 0.328 e. The molecule has 0 bridgehead atoms. The van der Waals surface area contributed by atoms with E-state index in [4.69, 9.17) is 17.3 Å². The summed E-state index contributed by atoms with van der Waals surface area (Å²) in [5.74, 6) is 0. The van der Waals surface area contributed by atoms with Crippen LogP contribution in [0.1, 0.15) is 38.3 Å². The molecule has 1 aromatic heterocycles. The number of aromatic nitrogens is 2. The van der Waals surface area contributed by atoms with Gasteiger partial charge in [-0.15, -0.1) is 0 Å². The van der Waals surface area contributed by atoms with Gasteiger partial charge >= 0.3 is 0 Å². The normalized spacial score (nSPS) is 30.6. The van der Waals surface area contributed by atoms with E-state index in [0.717, 1.165) is 12.8 Å². The van der Waals surface area contributed by atoms with Gasteiger partial charge < -0.3 is 5.73 Å². The highest BCUT2D eigenvalue weighted by Crippen LogP contribution is 2.42. The van der Waals surface area contributed by atoms with Crippen LogP contribution in [0.2, 0.25) is 5.02 Å². The first-order valence-corrected chi connectivity index (χ1v) is 6.11. The lowest BCUT2D eigenvalue weighted by Crippen LogP contribution is -2.37. The minimum absolute atomic E-state index is 0.0741. The Kier molecular flexibility index (Phi) is 3.22. The van der Waals surface area contributed by atoms with Crippen molar-refractivity contribution in [3.8, 4) is 0 Å². The molecule has 5 heteroatoms. The molecule has 2 unspecified atom stereocenters. The van der Waals surface area contributed by atoms with Crippen LogP contribution in [-0.2, 0) is 12.2 Å². The molecule has 90 valence electrons. The monoisotopic (exact) mass is 245 g/mol. The molecule has 0 spiro atoms. The summed E-state index contributed by atoms with van der Waals surface area (Å²) in [4.78, 5) is 0. The molecule has 1 saturated carbocycles. The highest BCUT2D eigenvalue weighted by molar-refractivity contribution is 6.31. The van der Waals surface area contributed by atoms with Crippen molar-refractivity contribution >= 4 is 11.6 Å². The van der Waals surface area contributed by atoms with E-state index in [1.54, 1.807) is 4.68 Å². The van der Waals surface area contributed by atoms with Crippen LogP contribution in [0.15, 0.2) is 6.20 Å². The van der Waals surface area contributed by atoms with E-state index in [2.05, 4.69) is 5.10 Å². The quantitative estimate of drug-likeness (QED) is 0.871. The number of halogens is 2. The summed E-state index contributed by atoms with van der Waals surface area (Å²) in [6.45, 7) is 2.56. The highest BCUT2D eigenvalue weighted by Gasteiger charge is 2.41. The molecular weight excluding hydrogens is 229 g/mol. The van der Waals surface area contributed by atoms with E-state index in [-0.39, 0.29) is 6.04 Å². The molecule has 0 radical (unpaired) electrons. The number of nitrogens with two attached hydrogens (primary N) is 1. The van der Waals surface area contributed by atoms with Gasteiger partial charge in [-0.1, -0.05) is 11.6 Å². The number of aryl methyl sites for hydroxylation is 1. The summed E-state index contributed by atoms with van der Waals surface area (Å²) in [7, 11) is 0. The third-order valence-corrected chi connectivity index (χ3v) is 3.53. The standard InChI is InChI=1S/C11H17ClFN3/c1-2-16-10(9(12)7-15-16)11(13)5-3-4-8(14)6-11/h7-8H,2-6,14H2,1H3. The number of nitrogens with zero attached hydrogens (tertiary/aromatic N) is 2. The van der Waals surface area contributed by atoms with Crippen LogP contribution >= 0.6 is 11.6 Å². The van der Waals surface area contributed by atoms with Crippen LogP contribution < -0.4 is 5.73 Å². The average molecular weight is 246 g/mol. The summed E-state index contributed by atoms with van der Waals surface area (Å²) >= 11 is 6.03. The Bertz CT molecular complexity index is 379. The zero-order valence-corrected chi connectivity index (χ0v) is 10.2. The fourth-order valence-corrected chi connectivity index (χ4v) is 2.84. The van der Waals surface area contributed by atoms with Crippen LogP contribution in [0.4, 0.5) is 4.39 Å². The van der Waals surface area contributed by atoms with Crippen LogP contribution in [0.3, 0.4) is 0 Å². The maximum Gasteiger partial charge on any atom is 0.155 e. The topological polar surface area (TPSA) is 43.8 Å². The minimum Gasteiger partial charge on any atom is -0.328 e. The second-order valence-electron chi connectivity index (χ2n) is 4.48. The lowest BCUT2D eigenvalue weighted by Gasteiger charge is -2.33. The molecule has 1 fully saturated rings. The first kappa shape index (κ1) is 11.9. The van der Waals surface area contributed by atoms with Gasteiger partial charge in [-0.2, -0.15) is 5.10 Å². The molecule has 2 rings (SSSR count). The van der Waals surface area contributed by atoms with Crippen molar-refractivity contribution in [1.82, 2.24) is 9.78 Å². The summed E-state index contributed by atoms with van der Waals surface area (Å²) in [5.41, 5.74) is 4.95. The molecule has 1 aromatic rings. The number of alkyl halides is 1. The molecule has 1 aliphatic rings. The van der Waals surface area contributed by atoms with Gasteiger partial charge in [-0.3, -0.25) is 4.68 Å². The van der Waals surface area contributed by atoms with Crippen LogP contribution in [-0.4, -0.2) is 15.8 Å². The van der Waals surface area contributed by atoms with E-state index >= 15 is 0 Å². The molecule has 0 aliphatic heterocycles. The number of rotatable bonds is 2. The SMILES string of the molecule is CCn1ncc(Cl)c1C1(F)CCCC(N)C1. The average Bonchev–Trinajstić information content (AvgIpc) is 2.59. The minimum atomic E-state index is -1.40. The number of hydrogen-bond acceptors (Lipinski definition) is 2. The van der Waals surface area contributed by atoms with Gasteiger partial charge in [0.05, 0.1) is 16.9 Å². The Hall–Kier alpha value is -0.610. The predicted octanol–water partition coefficient (Wildman–Crippen LogP) is 2.62. The Balaban J connectivity index is 2.37. The third-order valence-electron chi connectivity index (χ3n) is 3.25. The number of hydrogen-bond donors (Lipinski definition) is 1. The Morgan fingerprint density at radius 2 is 2.50 bits per heavy atom. The zero-order chi connectivity index (χ0) is 11.8. The van der Waals surface area contributed by atoms with Crippen molar-refractivity contribution in [2.45, 2.75) is 50.9 Å². The first-order valence-electron chi connectivity index (χ1n) is 5.73. The van der Waals surface area contributed by atoms with Gasteiger partial charge in [0.25, 0.3) is 0 Å². The van der Waals surface area contributed by atoms with E-state index < -0.39 is 5.67 Å². The van der Waals surface area contributed by atoms with E-state index in [1.165, 1.54) is 6.20 Å². The zero-order valence-electron chi connectivity index (χ0n) is 9.42. The summed E-state index contributed by atoms with van der Waals surface area (Å²) in [6.07, 6.45) is 4.05. The predicted molar refractivity (Wildman–Crippen MR) is 62.1 cm³/mol. The fourth-order valence-electron chi connectivity index (χ4n) is 2.53. The van der Waals surface area contributed by atoms with E-state index in [9.17, 15) is 4.39 Å². The molecule has 0 amide bonds. The van der Waals surface area contributed by atoms with Crippen molar-refractivity contribution in [2.75, 3.05) is 0 Å².